The third-order valence-corrected chi connectivity index (χ3v) is 5.67. The highest BCUT2D eigenvalue weighted by Crippen LogP contribution is 2.38. The maximum absolute atomic E-state index is 14.9. The molecule has 4 rings (SSSR count). The molecule has 3 aromatic rings. The normalized spacial score (nSPS) is 16.4. The van der Waals surface area contributed by atoms with Gasteiger partial charge in [0.1, 0.15) is 0 Å². The van der Waals surface area contributed by atoms with Crippen molar-refractivity contribution in [2.75, 3.05) is 18.0 Å². The number of benzene rings is 1. The van der Waals surface area contributed by atoms with Gasteiger partial charge in [0.15, 0.2) is 5.82 Å². The van der Waals surface area contributed by atoms with Crippen LogP contribution in [0.4, 0.5) is 32.0 Å². The van der Waals surface area contributed by atoms with Gasteiger partial charge in [-0.3, -0.25) is 13.8 Å². The summed E-state index contributed by atoms with van der Waals surface area (Å²) in [5, 5.41) is 4.10. The molecule has 0 radical (unpaired) electrons. The first-order chi connectivity index (χ1) is 15.5. The molecule has 1 saturated heterocycles. The topological polar surface area (TPSA) is 48.0 Å². The molecule has 3 heterocycles. The molecule has 1 fully saturated rings. The van der Waals surface area contributed by atoms with E-state index in [0.717, 1.165) is 10.6 Å². The fourth-order valence-corrected chi connectivity index (χ4v) is 3.82. The summed E-state index contributed by atoms with van der Waals surface area (Å²) in [5.41, 5.74) is -2.27. The number of halogens is 6. The summed E-state index contributed by atoms with van der Waals surface area (Å²) < 4.78 is 86.3. The predicted octanol–water partition coefficient (Wildman–Crippen LogP) is 4.30. The highest BCUT2D eigenvalue weighted by Gasteiger charge is 2.38. The Labute approximate surface area is 184 Å². The molecule has 6 nitrogen and oxygen atoms in total. The summed E-state index contributed by atoms with van der Waals surface area (Å²) in [5.74, 6) is -4.50. The fraction of sp³-hybridized carbons (Fsp3) is 0.429. The standard InChI is InChI=1S/C21H21F6N5O/c1-2-31-13-14(11-28-31)12-30-7-8-32(19(30)33)17-10-15(9-16(18(17)22)21(25,26)27)29-5-3-20(23,24)4-6-29/h7-11,13H,2-6,12H2,1H3. The lowest BCUT2D eigenvalue weighted by Gasteiger charge is -2.34. The van der Waals surface area contributed by atoms with Crippen LogP contribution >= 0.6 is 0 Å². The minimum Gasteiger partial charge on any atom is -0.371 e. The van der Waals surface area contributed by atoms with Crippen molar-refractivity contribution < 1.29 is 26.3 Å². The Kier molecular flexibility index (Phi) is 5.79. The molecule has 0 bridgehead atoms. The number of rotatable bonds is 5. The number of hydrogen-bond acceptors (Lipinski definition) is 3. The van der Waals surface area contributed by atoms with E-state index in [1.165, 1.54) is 21.9 Å². The number of aryl methyl sites for hydroxylation is 1. The van der Waals surface area contributed by atoms with Crippen LogP contribution in [0.25, 0.3) is 5.69 Å². The van der Waals surface area contributed by atoms with Gasteiger partial charge in [0.25, 0.3) is 5.92 Å². The summed E-state index contributed by atoms with van der Waals surface area (Å²) >= 11 is 0. The van der Waals surface area contributed by atoms with E-state index in [1.54, 1.807) is 17.1 Å². The second-order valence-corrected chi connectivity index (χ2v) is 7.95. The molecule has 0 spiro atoms. The minimum atomic E-state index is -5.03. The number of imidazole rings is 1. The third-order valence-electron chi connectivity index (χ3n) is 5.67. The number of alkyl halides is 5. The van der Waals surface area contributed by atoms with Gasteiger partial charge in [-0.25, -0.2) is 18.0 Å². The Balaban J connectivity index is 1.74. The van der Waals surface area contributed by atoms with Crippen molar-refractivity contribution in [3.63, 3.8) is 0 Å². The van der Waals surface area contributed by atoms with Crippen LogP contribution in [-0.4, -0.2) is 37.9 Å². The summed E-state index contributed by atoms with van der Waals surface area (Å²) in [7, 11) is 0. The molecule has 2 aromatic heterocycles. The van der Waals surface area contributed by atoms with Crippen molar-refractivity contribution in [2.45, 2.75) is 45.0 Å². The number of nitrogens with zero attached hydrogens (tertiary/aromatic N) is 5. The number of anilines is 1. The molecule has 0 N–H and O–H groups in total. The van der Waals surface area contributed by atoms with Crippen molar-refractivity contribution >= 4 is 5.69 Å². The van der Waals surface area contributed by atoms with Crippen LogP contribution in [0.15, 0.2) is 41.7 Å². The lowest BCUT2D eigenvalue weighted by Crippen LogP contribution is -2.39. The molecule has 0 saturated carbocycles. The first kappa shape index (κ1) is 23.0. The first-order valence-electron chi connectivity index (χ1n) is 10.3. The molecule has 0 atom stereocenters. The largest absolute Gasteiger partial charge is 0.419 e. The SMILES string of the molecule is CCn1cc(Cn2ccn(-c3cc(N4CCC(F)(F)CC4)cc(C(F)(F)F)c3F)c2=O)cn1. The summed E-state index contributed by atoms with van der Waals surface area (Å²) in [6.45, 7) is 2.23. The molecule has 1 aliphatic rings. The van der Waals surface area contributed by atoms with E-state index in [-0.39, 0.29) is 25.3 Å². The molecule has 1 aromatic carbocycles. The van der Waals surface area contributed by atoms with Crippen LogP contribution in [0, 0.1) is 5.82 Å². The Hall–Kier alpha value is -3.18. The quantitative estimate of drug-likeness (QED) is 0.520. The molecule has 0 unspecified atom stereocenters. The molecule has 33 heavy (non-hydrogen) atoms. The molecular weight excluding hydrogens is 452 g/mol. The van der Waals surface area contributed by atoms with Crippen molar-refractivity contribution in [2.24, 2.45) is 0 Å². The van der Waals surface area contributed by atoms with E-state index >= 15 is 0 Å². The van der Waals surface area contributed by atoms with Crippen LogP contribution in [0.1, 0.15) is 30.9 Å². The van der Waals surface area contributed by atoms with Crippen LogP contribution in [0.5, 0.6) is 0 Å². The van der Waals surface area contributed by atoms with Crippen molar-refractivity contribution in [1.29, 1.82) is 0 Å². The van der Waals surface area contributed by atoms with Gasteiger partial charge in [0.2, 0.25) is 0 Å². The van der Waals surface area contributed by atoms with E-state index < -0.39 is 47.7 Å². The fourth-order valence-electron chi connectivity index (χ4n) is 3.82. The van der Waals surface area contributed by atoms with E-state index in [4.69, 9.17) is 0 Å². The molecule has 12 heteroatoms. The molecule has 0 amide bonds. The summed E-state index contributed by atoms with van der Waals surface area (Å²) in [6, 6.07) is 1.69. The van der Waals surface area contributed by atoms with E-state index in [9.17, 15) is 31.1 Å². The molecule has 178 valence electrons. The van der Waals surface area contributed by atoms with Gasteiger partial charge in [-0.15, -0.1) is 0 Å². The Morgan fingerprint density at radius 2 is 1.82 bits per heavy atom. The van der Waals surface area contributed by atoms with Gasteiger partial charge >= 0.3 is 11.9 Å². The van der Waals surface area contributed by atoms with Gasteiger partial charge in [-0.05, 0) is 19.1 Å². The maximum Gasteiger partial charge on any atom is 0.419 e. The zero-order valence-corrected chi connectivity index (χ0v) is 17.6. The van der Waals surface area contributed by atoms with E-state index in [2.05, 4.69) is 5.10 Å². The number of hydrogen-bond donors (Lipinski definition) is 0. The van der Waals surface area contributed by atoms with Crippen molar-refractivity contribution in [1.82, 2.24) is 18.9 Å². The molecule has 1 aliphatic heterocycles. The van der Waals surface area contributed by atoms with Crippen LogP contribution < -0.4 is 10.6 Å². The monoisotopic (exact) mass is 473 g/mol. The Morgan fingerprint density at radius 3 is 2.42 bits per heavy atom. The van der Waals surface area contributed by atoms with Gasteiger partial charge in [-0.2, -0.15) is 18.3 Å². The zero-order valence-electron chi connectivity index (χ0n) is 17.6. The highest BCUT2D eigenvalue weighted by atomic mass is 19.4. The summed E-state index contributed by atoms with van der Waals surface area (Å²) in [4.78, 5) is 14.2. The Bertz CT molecular complexity index is 1200. The number of piperidine rings is 1. The van der Waals surface area contributed by atoms with Gasteiger partial charge in [0, 0.05) is 62.3 Å². The van der Waals surface area contributed by atoms with E-state index in [1.807, 2.05) is 6.92 Å². The van der Waals surface area contributed by atoms with Gasteiger partial charge < -0.3 is 4.90 Å². The van der Waals surface area contributed by atoms with Gasteiger partial charge in [-0.1, -0.05) is 0 Å². The number of aromatic nitrogens is 4. The lowest BCUT2D eigenvalue weighted by atomic mass is 10.0. The zero-order chi connectivity index (χ0) is 24.0. The predicted molar refractivity (Wildman–Crippen MR) is 108 cm³/mol. The minimum absolute atomic E-state index is 0.0712. The third kappa shape index (κ3) is 4.64. The lowest BCUT2D eigenvalue weighted by molar-refractivity contribution is -0.139. The molecular formula is C21H21F6N5O. The summed E-state index contributed by atoms with van der Waals surface area (Å²) in [6.07, 6.45) is -0.284. The second-order valence-electron chi connectivity index (χ2n) is 7.95. The van der Waals surface area contributed by atoms with E-state index in [0.29, 0.717) is 18.2 Å². The Morgan fingerprint density at radius 1 is 1.12 bits per heavy atom. The second kappa shape index (κ2) is 8.31. The van der Waals surface area contributed by atoms with Crippen LogP contribution in [0.2, 0.25) is 0 Å². The van der Waals surface area contributed by atoms with Crippen molar-refractivity contribution in [3.8, 4) is 5.69 Å². The molecule has 0 aliphatic carbocycles. The smallest absolute Gasteiger partial charge is 0.371 e. The average Bonchev–Trinajstić information content (AvgIpc) is 3.35. The van der Waals surface area contributed by atoms with Crippen LogP contribution in [-0.2, 0) is 19.3 Å². The maximum atomic E-state index is 14.9. The average molecular weight is 473 g/mol. The first-order valence-corrected chi connectivity index (χ1v) is 10.3. The van der Waals surface area contributed by atoms with Crippen LogP contribution in [0.3, 0.4) is 0 Å². The van der Waals surface area contributed by atoms with Gasteiger partial charge in [0.05, 0.1) is 24.0 Å². The highest BCUT2D eigenvalue weighted by molar-refractivity contribution is 5.58. The van der Waals surface area contributed by atoms with Crippen molar-refractivity contribution in [3.05, 3.63) is 64.3 Å².